The van der Waals surface area contributed by atoms with E-state index in [1.54, 1.807) is 7.11 Å². The van der Waals surface area contributed by atoms with E-state index in [9.17, 15) is 0 Å². The standard InChI is InChI=1S/C16H27N3O/c1-12-9-16(20-4)10-15(18-12)11-19-7-5-14(6-8-19)13(2)17-3/h9-10,13-14,17H,5-8,11H2,1-4H3. The van der Waals surface area contributed by atoms with Gasteiger partial charge in [-0.05, 0) is 52.7 Å². The van der Waals surface area contributed by atoms with Crippen LogP contribution in [-0.2, 0) is 6.54 Å². The van der Waals surface area contributed by atoms with Crippen molar-refractivity contribution in [2.45, 2.75) is 39.3 Å². The highest BCUT2D eigenvalue weighted by molar-refractivity contribution is 5.26. The van der Waals surface area contributed by atoms with Crippen molar-refractivity contribution in [1.82, 2.24) is 15.2 Å². The Labute approximate surface area is 122 Å². The Balaban J connectivity index is 1.91. The van der Waals surface area contributed by atoms with Gasteiger partial charge in [-0.25, -0.2) is 0 Å². The van der Waals surface area contributed by atoms with Gasteiger partial charge in [-0.15, -0.1) is 0 Å². The molecule has 1 N–H and O–H groups in total. The molecular weight excluding hydrogens is 250 g/mol. The molecule has 20 heavy (non-hydrogen) atoms. The van der Waals surface area contributed by atoms with Crippen molar-refractivity contribution in [3.05, 3.63) is 23.5 Å². The lowest BCUT2D eigenvalue weighted by Crippen LogP contribution is -2.40. The molecule has 4 nitrogen and oxygen atoms in total. The molecule has 1 unspecified atom stereocenters. The van der Waals surface area contributed by atoms with Crippen LogP contribution in [-0.4, -0.2) is 43.2 Å². The summed E-state index contributed by atoms with van der Waals surface area (Å²) in [5, 5.41) is 3.37. The maximum Gasteiger partial charge on any atom is 0.122 e. The zero-order valence-corrected chi connectivity index (χ0v) is 13.1. The van der Waals surface area contributed by atoms with Crippen molar-refractivity contribution in [3.63, 3.8) is 0 Å². The monoisotopic (exact) mass is 277 g/mol. The van der Waals surface area contributed by atoms with E-state index in [0.717, 1.165) is 42.7 Å². The van der Waals surface area contributed by atoms with E-state index in [4.69, 9.17) is 4.74 Å². The zero-order chi connectivity index (χ0) is 14.5. The number of aryl methyl sites for hydroxylation is 1. The molecule has 1 saturated heterocycles. The normalized spacial score (nSPS) is 19.0. The van der Waals surface area contributed by atoms with Crippen LogP contribution in [0.1, 0.15) is 31.2 Å². The van der Waals surface area contributed by atoms with E-state index < -0.39 is 0 Å². The number of nitrogens with one attached hydrogen (secondary N) is 1. The lowest BCUT2D eigenvalue weighted by atomic mass is 9.90. The van der Waals surface area contributed by atoms with Gasteiger partial charge in [0.05, 0.1) is 12.8 Å². The second-order valence-corrected chi connectivity index (χ2v) is 5.83. The Bertz CT molecular complexity index is 428. The highest BCUT2D eigenvalue weighted by Gasteiger charge is 2.23. The molecule has 0 spiro atoms. The average Bonchev–Trinajstić information content (AvgIpc) is 2.46. The minimum atomic E-state index is 0.620. The van der Waals surface area contributed by atoms with Gasteiger partial charge in [0.1, 0.15) is 5.75 Å². The molecule has 4 heteroatoms. The summed E-state index contributed by atoms with van der Waals surface area (Å²) in [6.07, 6.45) is 2.54. The summed E-state index contributed by atoms with van der Waals surface area (Å²) >= 11 is 0. The number of likely N-dealkylation sites (tertiary alicyclic amines) is 1. The number of hydrogen-bond donors (Lipinski definition) is 1. The largest absolute Gasteiger partial charge is 0.497 e. The maximum atomic E-state index is 5.32. The van der Waals surface area contributed by atoms with Crippen LogP contribution in [0.4, 0.5) is 0 Å². The predicted octanol–water partition coefficient (Wildman–Crippen LogP) is 2.22. The molecule has 0 saturated carbocycles. The van der Waals surface area contributed by atoms with E-state index in [2.05, 4.69) is 35.2 Å². The van der Waals surface area contributed by atoms with Gasteiger partial charge in [0.2, 0.25) is 0 Å². The van der Waals surface area contributed by atoms with Crippen molar-refractivity contribution < 1.29 is 4.74 Å². The van der Waals surface area contributed by atoms with Crippen LogP contribution >= 0.6 is 0 Å². The second-order valence-electron chi connectivity index (χ2n) is 5.83. The lowest BCUT2D eigenvalue weighted by molar-refractivity contribution is 0.157. The molecule has 0 radical (unpaired) electrons. The fourth-order valence-electron chi connectivity index (χ4n) is 2.98. The van der Waals surface area contributed by atoms with Gasteiger partial charge in [0.25, 0.3) is 0 Å². The van der Waals surface area contributed by atoms with Crippen molar-refractivity contribution in [3.8, 4) is 5.75 Å². The lowest BCUT2D eigenvalue weighted by Gasteiger charge is -2.34. The van der Waals surface area contributed by atoms with Gasteiger partial charge >= 0.3 is 0 Å². The zero-order valence-electron chi connectivity index (χ0n) is 13.1. The first-order valence-corrected chi connectivity index (χ1v) is 7.53. The smallest absolute Gasteiger partial charge is 0.122 e. The van der Waals surface area contributed by atoms with Crippen molar-refractivity contribution in [2.24, 2.45) is 5.92 Å². The molecule has 0 bridgehead atoms. The number of aromatic nitrogens is 1. The quantitative estimate of drug-likeness (QED) is 0.895. The van der Waals surface area contributed by atoms with Crippen LogP contribution in [0.5, 0.6) is 5.75 Å². The number of ether oxygens (including phenoxy) is 1. The van der Waals surface area contributed by atoms with Crippen LogP contribution in [0.3, 0.4) is 0 Å². The Morgan fingerprint density at radius 2 is 2.10 bits per heavy atom. The van der Waals surface area contributed by atoms with E-state index in [-0.39, 0.29) is 0 Å². The molecule has 112 valence electrons. The highest BCUT2D eigenvalue weighted by Crippen LogP contribution is 2.22. The predicted molar refractivity (Wildman–Crippen MR) is 82.0 cm³/mol. The number of nitrogens with zero attached hydrogens (tertiary/aromatic N) is 2. The number of pyridine rings is 1. The van der Waals surface area contributed by atoms with Crippen LogP contribution in [0, 0.1) is 12.8 Å². The SMILES string of the molecule is CNC(C)C1CCN(Cc2cc(OC)cc(C)n2)CC1. The molecule has 1 aromatic rings. The van der Waals surface area contributed by atoms with E-state index >= 15 is 0 Å². The number of piperidine rings is 1. The van der Waals surface area contributed by atoms with E-state index in [1.165, 1.54) is 12.8 Å². The number of rotatable bonds is 5. The maximum absolute atomic E-state index is 5.32. The van der Waals surface area contributed by atoms with Crippen LogP contribution in [0.25, 0.3) is 0 Å². The molecule has 2 rings (SSSR count). The van der Waals surface area contributed by atoms with Gasteiger partial charge in [0, 0.05) is 30.4 Å². The Morgan fingerprint density at radius 1 is 1.40 bits per heavy atom. The molecule has 1 fully saturated rings. The minimum absolute atomic E-state index is 0.620. The van der Waals surface area contributed by atoms with Gasteiger partial charge in [-0.1, -0.05) is 0 Å². The van der Waals surface area contributed by atoms with E-state index in [1.807, 2.05) is 13.0 Å². The van der Waals surface area contributed by atoms with Gasteiger partial charge in [-0.3, -0.25) is 9.88 Å². The van der Waals surface area contributed by atoms with Crippen LogP contribution in [0.15, 0.2) is 12.1 Å². The van der Waals surface area contributed by atoms with Crippen LogP contribution in [0.2, 0.25) is 0 Å². The molecular formula is C16H27N3O. The Morgan fingerprint density at radius 3 is 2.70 bits per heavy atom. The molecule has 2 heterocycles. The summed E-state index contributed by atoms with van der Waals surface area (Å²) in [6.45, 7) is 7.56. The molecule has 1 atom stereocenters. The fourth-order valence-corrected chi connectivity index (χ4v) is 2.98. The van der Waals surface area contributed by atoms with Gasteiger partial charge in [0.15, 0.2) is 0 Å². The highest BCUT2D eigenvalue weighted by atomic mass is 16.5. The average molecular weight is 277 g/mol. The summed E-state index contributed by atoms with van der Waals surface area (Å²) in [4.78, 5) is 7.11. The first kappa shape index (κ1) is 15.3. The third-order valence-electron chi connectivity index (χ3n) is 4.40. The second kappa shape index (κ2) is 7.04. The van der Waals surface area contributed by atoms with Crippen LogP contribution < -0.4 is 10.1 Å². The summed E-state index contributed by atoms with van der Waals surface area (Å²) in [6, 6.07) is 4.65. The summed E-state index contributed by atoms with van der Waals surface area (Å²) in [5.41, 5.74) is 2.14. The molecule has 1 aliphatic rings. The fraction of sp³-hybridized carbons (Fsp3) is 0.688. The van der Waals surface area contributed by atoms with E-state index in [0.29, 0.717) is 6.04 Å². The summed E-state index contributed by atoms with van der Waals surface area (Å²) < 4.78 is 5.32. The number of methoxy groups -OCH3 is 1. The Kier molecular flexibility index (Phi) is 5.38. The topological polar surface area (TPSA) is 37.4 Å². The molecule has 0 aromatic carbocycles. The first-order chi connectivity index (χ1) is 9.62. The number of hydrogen-bond acceptors (Lipinski definition) is 4. The molecule has 0 amide bonds. The van der Waals surface area contributed by atoms with Gasteiger partial charge < -0.3 is 10.1 Å². The summed E-state index contributed by atoms with van der Waals surface area (Å²) in [5.74, 6) is 1.71. The third-order valence-corrected chi connectivity index (χ3v) is 4.40. The van der Waals surface area contributed by atoms with Crippen molar-refractivity contribution in [1.29, 1.82) is 0 Å². The first-order valence-electron chi connectivity index (χ1n) is 7.53. The third kappa shape index (κ3) is 3.93. The van der Waals surface area contributed by atoms with Crippen molar-refractivity contribution >= 4 is 0 Å². The van der Waals surface area contributed by atoms with Gasteiger partial charge in [-0.2, -0.15) is 0 Å². The molecule has 1 aromatic heterocycles. The molecule has 1 aliphatic heterocycles. The molecule has 0 aliphatic carbocycles. The minimum Gasteiger partial charge on any atom is -0.497 e. The summed E-state index contributed by atoms with van der Waals surface area (Å²) in [7, 11) is 3.77. The Hall–Kier alpha value is -1.13. The van der Waals surface area contributed by atoms with Crippen molar-refractivity contribution in [2.75, 3.05) is 27.2 Å².